The molecule has 2 aromatic rings. The summed E-state index contributed by atoms with van der Waals surface area (Å²) in [6.07, 6.45) is 0.123. The Bertz CT molecular complexity index is 944. The summed E-state index contributed by atoms with van der Waals surface area (Å²) in [6, 6.07) is 12.1. The highest BCUT2D eigenvalue weighted by Crippen LogP contribution is 2.30. The van der Waals surface area contributed by atoms with Gasteiger partial charge in [-0.15, -0.1) is 0 Å². The number of nitrogens with zero attached hydrogens (tertiary/aromatic N) is 1. The molecule has 8 heteroatoms. The summed E-state index contributed by atoms with van der Waals surface area (Å²) in [5.41, 5.74) is 1.66. The summed E-state index contributed by atoms with van der Waals surface area (Å²) in [4.78, 5) is 38.1. The van der Waals surface area contributed by atoms with Gasteiger partial charge in [-0.3, -0.25) is 14.4 Å². The van der Waals surface area contributed by atoms with E-state index in [0.717, 1.165) is 0 Å². The summed E-state index contributed by atoms with van der Waals surface area (Å²) in [6.45, 7) is 1.68. The van der Waals surface area contributed by atoms with Crippen molar-refractivity contribution in [3.63, 3.8) is 0 Å². The normalized spacial score (nSPS) is 15.8. The third-order valence-electron chi connectivity index (χ3n) is 4.64. The summed E-state index contributed by atoms with van der Waals surface area (Å²) in [5, 5.41) is 5.48. The third kappa shape index (κ3) is 4.66. The van der Waals surface area contributed by atoms with Gasteiger partial charge in [0.2, 0.25) is 17.7 Å². The topological polar surface area (TPSA) is 97.0 Å². The second kappa shape index (κ2) is 8.64. The van der Waals surface area contributed by atoms with Crippen LogP contribution in [0, 0.1) is 5.92 Å². The molecule has 0 bridgehead atoms. The van der Waals surface area contributed by atoms with Gasteiger partial charge in [0.15, 0.2) is 0 Å². The van der Waals surface area contributed by atoms with Crippen LogP contribution >= 0.6 is 0 Å². The molecule has 0 spiro atoms. The van der Waals surface area contributed by atoms with Crippen LogP contribution in [0.3, 0.4) is 0 Å². The van der Waals surface area contributed by atoms with Crippen LogP contribution in [0.2, 0.25) is 0 Å². The van der Waals surface area contributed by atoms with Gasteiger partial charge in [-0.1, -0.05) is 6.07 Å². The van der Waals surface area contributed by atoms with Crippen molar-refractivity contribution in [3.8, 4) is 11.5 Å². The maximum absolute atomic E-state index is 12.7. The predicted octanol–water partition coefficient (Wildman–Crippen LogP) is 2.65. The quantitative estimate of drug-likeness (QED) is 0.781. The lowest BCUT2D eigenvalue weighted by molar-refractivity contribution is -0.122. The molecule has 1 heterocycles. The first-order valence-corrected chi connectivity index (χ1v) is 9.12. The number of benzene rings is 2. The highest BCUT2D eigenvalue weighted by molar-refractivity contribution is 6.04. The van der Waals surface area contributed by atoms with Gasteiger partial charge < -0.3 is 25.0 Å². The Morgan fingerprint density at radius 2 is 1.86 bits per heavy atom. The van der Waals surface area contributed by atoms with Crippen molar-refractivity contribution >= 4 is 34.8 Å². The van der Waals surface area contributed by atoms with Gasteiger partial charge in [0.05, 0.1) is 25.8 Å². The van der Waals surface area contributed by atoms with Gasteiger partial charge in [0.1, 0.15) is 11.5 Å². The van der Waals surface area contributed by atoms with Gasteiger partial charge in [0, 0.05) is 37.3 Å². The number of ether oxygens (including phenoxy) is 2. The van der Waals surface area contributed by atoms with E-state index in [1.54, 1.807) is 48.4 Å². The fourth-order valence-corrected chi connectivity index (χ4v) is 3.23. The minimum absolute atomic E-state index is 0.118. The van der Waals surface area contributed by atoms with E-state index in [1.165, 1.54) is 14.0 Å². The number of carbonyl (C=O) groups is 3. The Kier molecular flexibility index (Phi) is 6.01. The van der Waals surface area contributed by atoms with Gasteiger partial charge in [-0.25, -0.2) is 0 Å². The van der Waals surface area contributed by atoms with Crippen LogP contribution in [-0.2, 0) is 14.4 Å². The molecule has 0 aromatic heterocycles. The molecule has 1 aliphatic rings. The maximum atomic E-state index is 12.7. The molecule has 0 saturated carbocycles. The average Bonchev–Trinajstić information content (AvgIpc) is 3.09. The molecular formula is C21H23N3O5. The minimum Gasteiger partial charge on any atom is -0.497 e. The largest absolute Gasteiger partial charge is 0.497 e. The number of carbonyl (C=O) groups excluding carboxylic acids is 3. The lowest BCUT2D eigenvalue weighted by Crippen LogP contribution is -2.28. The summed E-state index contributed by atoms with van der Waals surface area (Å²) in [5.74, 6) is 0.0160. The van der Waals surface area contributed by atoms with E-state index in [1.807, 2.05) is 6.07 Å². The van der Waals surface area contributed by atoms with E-state index in [0.29, 0.717) is 28.6 Å². The van der Waals surface area contributed by atoms with Crippen LogP contribution in [0.4, 0.5) is 17.1 Å². The van der Waals surface area contributed by atoms with E-state index < -0.39 is 5.92 Å². The van der Waals surface area contributed by atoms with Gasteiger partial charge in [-0.2, -0.15) is 0 Å². The van der Waals surface area contributed by atoms with Gasteiger partial charge >= 0.3 is 0 Å². The van der Waals surface area contributed by atoms with E-state index >= 15 is 0 Å². The molecule has 152 valence electrons. The van der Waals surface area contributed by atoms with Crippen LogP contribution in [0.1, 0.15) is 13.3 Å². The first-order chi connectivity index (χ1) is 13.9. The van der Waals surface area contributed by atoms with Crippen molar-refractivity contribution in [3.05, 3.63) is 42.5 Å². The van der Waals surface area contributed by atoms with Gasteiger partial charge in [0.25, 0.3) is 0 Å². The van der Waals surface area contributed by atoms with Crippen molar-refractivity contribution in [1.29, 1.82) is 0 Å². The number of hydrogen-bond donors (Lipinski definition) is 2. The minimum atomic E-state index is -0.486. The van der Waals surface area contributed by atoms with Crippen molar-refractivity contribution in [2.45, 2.75) is 13.3 Å². The molecule has 0 radical (unpaired) electrons. The fraction of sp³-hybridized carbons (Fsp3) is 0.286. The lowest BCUT2D eigenvalue weighted by Gasteiger charge is -2.17. The fourth-order valence-electron chi connectivity index (χ4n) is 3.23. The Morgan fingerprint density at radius 3 is 2.55 bits per heavy atom. The Morgan fingerprint density at radius 1 is 1.07 bits per heavy atom. The standard InChI is InChI=1S/C21H23N3O5/c1-13(25)22-18-10-15(7-8-19(18)29-3)23-21(27)14-9-20(26)24(12-14)16-5-4-6-17(11-16)28-2/h4-8,10-11,14H,9,12H2,1-3H3,(H,22,25)(H,23,27)/t14-/m1/s1. The lowest BCUT2D eigenvalue weighted by atomic mass is 10.1. The van der Waals surface area contributed by atoms with Crippen LogP contribution in [0.25, 0.3) is 0 Å². The molecular weight excluding hydrogens is 374 g/mol. The molecule has 8 nitrogen and oxygen atoms in total. The van der Waals surface area contributed by atoms with Crippen LogP contribution in [0.15, 0.2) is 42.5 Å². The molecule has 3 rings (SSSR count). The zero-order chi connectivity index (χ0) is 21.0. The molecule has 1 aliphatic heterocycles. The van der Waals surface area contributed by atoms with Crippen molar-refractivity contribution in [2.75, 3.05) is 36.3 Å². The number of hydrogen-bond acceptors (Lipinski definition) is 5. The van der Waals surface area contributed by atoms with Crippen molar-refractivity contribution < 1.29 is 23.9 Å². The predicted molar refractivity (Wildman–Crippen MR) is 109 cm³/mol. The molecule has 2 N–H and O–H groups in total. The van der Waals surface area contributed by atoms with Gasteiger partial charge in [-0.05, 0) is 30.3 Å². The van der Waals surface area contributed by atoms with Crippen LogP contribution < -0.4 is 25.0 Å². The maximum Gasteiger partial charge on any atom is 0.229 e. The molecule has 0 unspecified atom stereocenters. The second-order valence-corrected chi connectivity index (χ2v) is 6.69. The molecule has 2 aromatic carbocycles. The molecule has 3 amide bonds. The average molecular weight is 397 g/mol. The molecule has 1 saturated heterocycles. The number of rotatable bonds is 6. The van der Waals surface area contributed by atoms with E-state index in [2.05, 4.69) is 10.6 Å². The Hall–Kier alpha value is -3.55. The van der Waals surface area contributed by atoms with E-state index in [4.69, 9.17) is 9.47 Å². The first kappa shape index (κ1) is 20.2. The summed E-state index contributed by atoms with van der Waals surface area (Å²) < 4.78 is 10.4. The third-order valence-corrected chi connectivity index (χ3v) is 4.64. The zero-order valence-corrected chi connectivity index (χ0v) is 16.5. The van der Waals surface area contributed by atoms with Crippen molar-refractivity contribution in [1.82, 2.24) is 0 Å². The van der Waals surface area contributed by atoms with Crippen LogP contribution in [0.5, 0.6) is 11.5 Å². The second-order valence-electron chi connectivity index (χ2n) is 6.69. The molecule has 1 atom stereocenters. The summed E-state index contributed by atoms with van der Waals surface area (Å²) in [7, 11) is 3.06. The number of amides is 3. The molecule has 1 fully saturated rings. The first-order valence-electron chi connectivity index (χ1n) is 9.12. The number of methoxy groups -OCH3 is 2. The van der Waals surface area contributed by atoms with E-state index in [9.17, 15) is 14.4 Å². The smallest absolute Gasteiger partial charge is 0.229 e. The Balaban J connectivity index is 1.71. The number of anilines is 3. The summed E-state index contributed by atoms with van der Waals surface area (Å²) >= 11 is 0. The molecule has 0 aliphatic carbocycles. The van der Waals surface area contributed by atoms with Crippen LogP contribution in [-0.4, -0.2) is 38.5 Å². The number of nitrogens with one attached hydrogen (secondary N) is 2. The van der Waals surface area contributed by atoms with E-state index in [-0.39, 0.29) is 30.7 Å². The van der Waals surface area contributed by atoms with Crippen molar-refractivity contribution in [2.24, 2.45) is 5.92 Å². The zero-order valence-electron chi connectivity index (χ0n) is 16.5. The Labute approximate surface area is 168 Å². The highest BCUT2D eigenvalue weighted by Gasteiger charge is 2.35. The monoisotopic (exact) mass is 397 g/mol. The highest BCUT2D eigenvalue weighted by atomic mass is 16.5. The molecule has 29 heavy (non-hydrogen) atoms. The SMILES string of the molecule is COc1cccc(N2C[C@H](C(=O)Nc3ccc(OC)c(NC(C)=O)c3)CC2=O)c1.